The van der Waals surface area contributed by atoms with Crippen LogP contribution in [0, 0.1) is 6.92 Å². The normalized spacial score (nSPS) is 21.9. The summed E-state index contributed by atoms with van der Waals surface area (Å²) in [5.74, 6) is 0. The third kappa shape index (κ3) is 3.81. The molecule has 1 aliphatic rings. The van der Waals surface area contributed by atoms with Gasteiger partial charge in [0.2, 0.25) is 0 Å². The summed E-state index contributed by atoms with van der Waals surface area (Å²) in [6, 6.07) is 9.69. The van der Waals surface area contributed by atoms with E-state index in [1.807, 2.05) is 0 Å². The van der Waals surface area contributed by atoms with Gasteiger partial charge in [-0.1, -0.05) is 38.1 Å². The van der Waals surface area contributed by atoms with Crippen molar-refractivity contribution in [2.75, 3.05) is 32.8 Å². The number of hydrogen-bond acceptors (Lipinski definition) is 3. The molecule has 3 heteroatoms. The highest BCUT2D eigenvalue weighted by molar-refractivity contribution is 5.29. The Morgan fingerprint density at radius 3 is 2.85 bits per heavy atom. The van der Waals surface area contributed by atoms with Gasteiger partial charge in [0.05, 0.1) is 13.2 Å². The van der Waals surface area contributed by atoms with E-state index in [-0.39, 0.29) is 0 Å². The summed E-state index contributed by atoms with van der Waals surface area (Å²) in [5.41, 5.74) is 2.80. The van der Waals surface area contributed by atoms with Crippen LogP contribution in [0.3, 0.4) is 0 Å². The highest BCUT2D eigenvalue weighted by Crippen LogP contribution is 2.21. The summed E-state index contributed by atoms with van der Waals surface area (Å²) >= 11 is 0. The fraction of sp³-hybridized carbons (Fsp3) is 0.647. The number of hydrogen-bond donors (Lipinski definition) is 1. The minimum atomic E-state index is 0.411. The molecule has 1 aromatic carbocycles. The molecule has 2 rings (SSSR count). The number of benzene rings is 1. The number of aryl methyl sites for hydroxylation is 1. The van der Waals surface area contributed by atoms with Crippen LogP contribution in [0.25, 0.3) is 0 Å². The lowest BCUT2D eigenvalue weighted by molar-refractivity contribution is -0.0126. The molecule has 0 aromatic heterocycles. The average molecular weight is 276 g/mol. The second-order valence-electron chi connectivity index (χ2n) is 5.60. The van der Waals surface area contributed by atoms with Crippen LogP contribution in [0.2, 0.25) is 0 Å². The smallest absolute Gasteiger partial charge is 0.0622 e. The van der Waals surface area contributed by atoms with Gasteiger partial charge in [0, 0.05) is 25.2 Å². The predicted octanol–water partition coefficient (Wildman–Crippen LogP) is 2.76. The molecule has 2 unspecified atom stereocenters. The second kappa shape index (κ2) is 7.77. The van der Waals surface area contributed by atoms with E-state index in [0.717, 1.165) is 39.3 Å². The molecule has 0 spiro atoms. The average Bonchev–Trinajstić information content (AvgIpc) is 2.48. The SMILES string of the molecule is CCNC(CN1CCOCC1CC)c1ccccc1C. The van der Waals surface area contributed by atoms with Gasteiger partial charge < -0.3 is 10.1 Å². The number of rotatable bonds is 6. The third-order valence-corrected chi connectivity index (χ3v) is 4.25. The summed E-state index contributed by atoms with van der Waals surface area (Å²) in [4.78, 5) is 2.59. The lowest BCUT2D eigenvalue weighted by Gasteiger charge is -2.37. The largest absolute Gasteiger partial charge is 0.378 e. The van der Waals surface area contributed by atoms with Crippen LogP contribution in [0.5, 0.6) is 0 Å². The molecule has 0 bridgehead atoms. The summed E-state index contributed by atoms with van der Waals surface area (Å²) < 4.78 is 5.61. The topological polar surface area (TPSA) is 24.5 Å². The summed E-state index contributed by atoms with van der Waals surface area (Å²) in [5, 5.41) is 3.65. The van der Waals surface area contributed by atoms with Crippen molar-refractivity contribution in [1.29, 1.82) is 0 Å². The minimum Gasteiger partial charge on any atom is -0.378 e. The van der Waals surface area contributed by atoms with E-state index in [9.17, 15) is 0 Å². The number of nitrogens with zero attached hydrogens (tertiary/aromatic N) is 1. The quantitative estimate of drug-likeness (QED) is 0.864. The van der Waals surface area contributed by atoms with Crippen molar-refractivity contribution < 1.29 is 4.74 Å². The van der Waals surface area contributed by atoms with Crippen LogP contribution in [0.15, 0.2) is 24.3 Å². The van der Waals surface area contributed by atoms with Gasteiger partial charge in [-0.3, -0.25) is 4.90 Å². The van der Waals surface area contributed by atoms with E-state index in [1.165, 1.54) is 11.1 Å². The zero-order valence-electron chi connectivity index (χ0n) is 13.1. The van der Waals surface area contributed by atoms with Crippen molar-refractivity contribution in [2.45, 2.75) is 39.3 Å². The van der Waals surface area contributed by atoms with Gasteiger partial charge in [0.15, 0.2) is 0 Å². The molecular formula is C17H28N2O. The molecule has 112 valence electrons. The maximum Gasteiger partial charge on any atom is 0.0622 e. The molecule has 0 aliphatic carbocycles. The molecule has 20 heavy (non-hydrogen) atoms. The van der Waals surface area contributed by atoms with Crippen LogP contribution in [-0.2, 0) is 4.74 Å². The van der Waals surface area contributed by atoms with Crippen LogP contribution >= 0.6 is 0 Å². The zero-order valence-corrected chi connectivity index (χ0v) is 13.1. The molecule has 0 saturated carbocycles. The fourth-order valence-corrected chi connectivity index (χ4v) is 3.04. The maximum absolute atomic E-state index is 5.61. The Kier molecular flexibility index (Phi) is 6.02. The Morgan fingerprint density at radius 2 is 2.15 bits per heavy atom. The molecule has 1 saturated heterocycles. The van der Waals surface area contributed by atoms with Gasteiger partial charge in [-0.05, 0) is 31.0 Å². The van der Waals surface area contributed by atoms with Crippen molar-refractivity contribution in [2.24, 2.45) is 0 Å². The second-order valence-corrected chi connectivity index (χ2v) is 5.60. The first-order chi connectivity index (χ1) is 9.76. The molecule has 1 heterocycles. The van der Waals surface area contributed by atoms with Crippen LogP contribution in [0.1, 0.15) is 37.4 Å². The Hall–Kier alpha value is -0.900. The van der Waals surface area contributed by atoms with E-state index in [0.29, 0.717) is 12.1 Å². The van der Waals surface area contributed by atoms with E-state index in [1.54, 1.807) is 0 Å². The van der Waals surface area contributed by atoms with Crippen molar-refractivity contribution in [3.05, 3.63) is 35.4 Å². The first-order valence-corrected chi connectivity index (χ1v) is 7.87. The first-order valence-electron chi connectivity index (χ1n) is 7.87. The summed E-state index contributed by atoms with van der Waals surface area (Å²) in [6.07, 6.45) is 1.16. The Balaban J connectivity index is 2.10. The molecule has 1 aromatic rings. The highest BCUT2D eigenvalue weighted by atomic mass is 16.5. The van der Waals surface area contributed by atoms with Crippen molar-refractivity contribution in [1.82, 2.24) is 10.2 Å². The highest BCUT2D eigenvalue weighted by Gasteiger charge is 2.25. The molecule has 1 N–H and O–H groups in total. The van der Waals surface area contributed by atoms with Gasteiger partial charge in [-0.2, -0.15) is 0 Å². The molecule has 0 radical (unpaired) electrons. The van der Waals surface area contributed by atoms with E-state index in [2.05, 4.69) is 55.3 Å². The number of morpholine rings is 1. The molecular weight excluding hydrogens is 248 g/mol. The van der Waals surface area contributed by atoms with E-state index in [4.69, 9.17) is 4.74 Å². The lowest BCUT2D eigenvalue weighted by atomic mass is 9.99. The molecule has 0 amide bonds. The van der Waals surface area contributed by atoms with Crippen molar-refractivity contribution >= 4 is 0 Å². The van der Waals surface area contributed by atoms with E-state index < -0.39 is 0 Å². The number of likely N-dealkylation sites (N-methyl/N-ethyl adjacent to an activating group) is 1. The van der Waals surface area contributed by atoms with Gasteiger partial charge >= 0.3 is 0 Å². The fourth-order valence-electron chi connectivity index (χ4n) is 3.04. The molecule has 2 atom stereocenters. The Labute approximate surface area is 123 Å². The van der Waals surface area contributed by atoms with Crippen molar-refractivity contribution in [3.63, 3.8) is 0 Å². The molecule has 1 fully saturated rings. The van der Waals surface area contributed by atoms with E-state index >= 15 is 0 Å². The standard InChI is InChI=1S/C17H28N2O/c1-4-15-13-20-11-10-19(15)12-17(18-5-2)16-9-7-6-8-14(16)3/h6-9,15,17-18H,4-5,10-13H2,1-3H3. The Morgan fingerprint density at radius 1 is 1.35 bits per heavy atom. The molecule has 3 nitrogen and oxygen atoms in total. The lowest BCUT2D eigenvalue weighted by Crippen LogP contribution is -2.48. The number of nitrogens with one attached hydrogen (secondary N) is 1. The van der Waals surface area contributed by atoms with Gasteiger partial charge in [-0.25, -0.2) is 0 Å². The third-order valence-electron chi connectivity index (χ3n) is 4.25. The monoisotopic (exact) mass is 276 g/mol. The number of ether oxygens (including phenoxy) is 1. The van der Waals surface area contributed by atoms with Crippen LogP contribution in [0.4, 0.5) is 0 Å². The van der Waals surface area contributed by atoms with Gasteiger partial charge in [-0.15, -0.1) is 0 Å². The maximum atomic E-state index is 5.61. The van der Waals surface area contributed by atoms with Crippen LogP contribution in [-0.4, -0.2) is 43.8 Å². The van der Waals surface area contributed by atoms with Crippen LogP contribution < -0.4 is 5.32 Å². The summed E-state index contributed by atoms with van der Waals surface area (Å²) in [6.45, 7) is 11.5. The van der Waals surface area contributed by atoms with Crippen molar-refractivity contribution in [3.8, 4) is 0 Å². The zero-order chi connectivity index (χ0) is 14.4. The Bertz CT molecular complexity index is 408. The molecule has 1 aliphatic heterocycles. The first kappa shape index (κ1) is 15.5. The van der Waals surface area contributed by atoms with Gasteiger partial charge in [0.1, 0.15) is 0 Å². The minimum absolute atomic E-state index is 0.411. The summed E-state index contributed by atoms with van der Waals surface area (Å²) in [7, 11) is 0. The predicted molar refractivity (Wildman–Crippen MR) is 84.1 cm³/mol. The van der Waals surface area contributed by atoms with Gasteiger partial charge in [0.25, 0.3) is 0 Å².